The zero-order valence-corrected chi connectivity index (χ0v) is 24.5. The molecule has 3 N–H and O–H groups in total. The molecule has 2 aromatic heterocycles. The zero-order valence-electron chi connectivity index (χ0n) is 24.5. The van der Waals surface area contributed by atoms with Crippen LogP contribution in [0.25, 0.3) is 22.0 Å². The molecule has 10 heteroatoms. The number of nitroso groups, excluding NO2 is 1. The van der Waals surface area contributed by atoms with Gasteiger partial charge < -0.3 is 20.3 Å². The number of H-pyrrole nitrogens is 1. The van der Waals surface area contributed by atoms with Crippen LogP contribution in [0.5, 0.6) is 0 Å². The summed E-state index contributed by atoms with van der Waals surface area (Å²) in [6.45, 7) is 4.13. The summed E-state index contributed by atoms with van der Waals surface area (Å²) in [5.41, 5.74) is 5.78. The van der Waals surface area contributed by atoms with Crippen LogP contribution in [0.4, 0.5) is 11.4 Å². The van der Waals surface area contributed by atoms with E-state index in [0.717, 1.165) is 38.9 Å². The third-order valence-electron chi connectivity index (χ3n) is 7.84. The number of hydrogen-bond acceptors (Lipinski definition) is 7. The minimum Gasteiger partial charge on any atom is -0.396 e. The number of rotatable bonds is 10. The molecule has 0 saturated carbocycles. The third-order valence-corrected chi connectivity index (χ3v) is 7.84. The highest BCUT2D eigenvalue weighted by molar-refractivity contribution is 5.89. The number of pyridine rings is 1. The smallest absolute Gasteiger partial charge is 0.255 e. The lowest BCUT2D eigenvalue weighted by atomic mass is 9.93. The van der Waals surface area contributed by atoms with Gasteiger partial charge in [0.2, 0.25) is 5.91 Å². The van der Waals surface area contributed by atoms with Gasteiger partial charge in [0.25, 0.3) is 5.56 Å². The van der Waals surface area contributed by atoms with Crippen molar-refractivity contribution in [3.63, 3.8) is 0 Å². The van der Waals surface area contributed by atoms with Crippen LogP contribution >= 0.6 is 0 Å². The summed E-state index contributed by atoms with van der Waals surface area (Å²) < 4.78 is 1.73. The van der Waals surface area contributed by atoms with Crippen molar-refractivity contribution in [3.8, 4) is 11.3 Å². The monoisotopic (exact) mass is 578 g/mol. The molecule has 5 rings (SSSR count). The van der Waals surface area contributed by atoms with Gasteiger partial charge in [-0.15, -0.1) is 4.91 Å². The fourth-order valence-corrected chi connectivity index (χ4v) is 5.47. The van der Waals surface area contributed by atoms with Crippen molar-refractivity contribution in [1.29, 1.82) is 0 Å². The van der Waals surface area contributed by atoms with E-state index in [4.69, 9.17) is 0 Å². The molecule has 3 aromatic carbocycles. The maximum absolute atomic E-state index is 14.2. The zero-order chi connectivity index (χ0) is 30.7. The Morgan fingerprint density at radius 2 is 1.93 bits per heavy atom. The van der Waals surface area contributed by atoms with Crippen molar-refractivity contribution in [2.75, 3.05) is 19.0 Å². The van der Waals surface area contributed by atoms with E-state index in [0.29, 0.717) is 11.1 Å². The van der Waals surface area contributed by atoms with Gasteiger partial charge in [-0.05, 0) is 76.1 Å². The number of anilines is 1. The minimum atomic E-state index is -0.796. The highest BCUT2D eigenvalue weighted by atomic mass is 16.3. The number of hydrogen-bond donors (Lipinski definition) is 3. The number of benzene rings is 3. The number of aliphatic hydroxyl groups excluding tert-OH is 1. The lowest BCUT2D eigenvalue weighted by Gasteiger charge is -2.27. The predicted molar refractivity (Wildman–Crippen MR) is 168 cm³/mol. The summed E-state index contributed by atoms with van der Waals surface area (Å²) in [6, 6.07) is 19.3. The average Bonchev–Trinajstić information content (AvgIpc) is 3.44. The van der Waals surface area contributed by atoms with Crippen molar-refractivity contribution in [2.45, 2.75) is 32.4 Å². The Morgan fingerprint density at radius 3 is 2.63 bits per heavy atom. The molecular formula is C33H34N6O4. The number of likely N-dealkylation sites (N-methyl/N-ethyl adjacent to an activating group) is 1. The van der Waals surface area contributed by atoms with Crippen molar-refractivity contribution in [2.24, 2.45) is 12.2 Å². The second-order valence-electron chi connectivity index (χ2n) is 10.9. The largest absolute Gasteiger partial charge is 0.396 e. The van der Waals surface area contributed by atoms with E-state index in [2.05, 4.69) is 20.6 Å². The molecule has 220 valence electrons. The van der Waals surface area contributed by atoms with Crippen LogP contribution in [0.3, 0.4) is 0 Å². The van der Waals surface area contributed by atoms with Crippen LogP contribution < -0.4 is 10.9 Å². The van der Waals surface area contributed by atoms with Gasteiger partial charge in [0, 0.05) is 62.2 Å². The van der Waals surface area contributed by atoms with Gasteiger partial charge >= 0.3 is 0 Å². The van der Waals surface area contributed by atoms with E-state index in [1.807, 2.05) is 69.4 Å². The molecule has 0 aliphatic carbocycles. The molecule has 10 nitrogen and oxygen atoms in total. The van der Waals surface area contributed by atoms with Crippen molar-refractivity contribution < 1.29 is 9.90 Å². The molecule has 0 bridgehead atoms. The number of aromatic nitrogens is 3. The van der Waals surface area contributed by atoms with Crippen molar-refractivity contribution in [1.82, 2.24) is 19.7 Å². The quantitative estimate of drug-likeness (QED) is 0.186. The number of amides is 1. The van der Waals surface area contributed by atoms with E-state index in [1.165, 1.54) is 0 Å². The molecule has 2 heterocycles. The van der Waals surface area contributed by atoms with Crippen LogP contribution in [-0.2, 0) is 18.4 Å². The molecular weight excluding hydrogens is 544 g/mol. The van der Waals surface area contributed by atoms with Gasteiger partial charge in [-0.2, -0.15) is 5.10 Å². The molecule has 2 atom stereocenters. The van der Waals surface area contributed by atoms with Gasteiger partial charge in [-0.3, -0.25) is 14.3 Å². The standard InChI is InChI=1S/C33H34N6O4/c1-20-15-23(6-9-27(20)21(2)19-40)31(36-25-7-5-22-11-13-34-32(41)29(22)17-25)33(42)38(3)18-24-16-26(37-43)8-10-28(24)30-12-14-35-39(30)4/h5-17,21,31,36,40H,18-19H2,1-4H3,(H,34,41)/t21-,31?/m0/s1. The molecule has 5 aromatic rings. The number of carbonyl (C=O) groups is 1. The van der Waals surface area contributed by atoms with E-state index < -0.39 is 6.04 Å². The van der Waals surface area contributed by atoms with Gasteiger partial charge in [0.1, 0.15) is 11.7 Å². The average molecular weight is 579 g/mol. The van der Waals surface area contributed by atoms with Crippen LogP contribution in [-0.4, -0.2) is 44.3 Å². The fraction of sp³-hybridized carbons (Fsp3) is 0.242. The molecule has 1 unspecified atom stereocenters. The van der Waals surface area contributed by atoms with E-state index >= 15 is 0 Å². The van der Waals surface area contributed by atoms with Gasteiger partial charge in [-0.25, -0.2) is 0 Å². The Morgan fingerprint density at radius 1 is 1.12 bits per heavy atom. The van der Waals surface area contributed by atoms with Gasteiger partial charge in [0.05, 0.1) is 5.69 Å². The SMILES string of the molecule is Cc1cc(C(Nc2ccc3cc[nH]c(=O)c3c2)C(=O)N(C)Cc2cc(N=O)ccc2-c2ccnn2C)ccc1[C@@H](C)CO. The van der Waals surface area contributed by atoms with Crippen LogP contribution in [0.1, 0.15) is 41.1 Å². The first kappa shape index (κ1) is 29.4. The first-order valence-corrected chi connectivity index (χ1v) is 14.0. The topological polar surface area (TPSA) is 133 Å². The summed E-state index contributed by atoms with van der Waals surface area (Å²) in [4.78, 5) is 42.4. The number of carbonyl (C=O) groups excluding carboxylic acids is 1. The molecule has 0 aliphatic heterocycles. The predicted octanol–water partition coefficient (Wildman–Crippen LogP) is 5.54. The van der Waals surface area contributed by atoms with E-state index in [1.54, 1.807) is 47.2 Å². The molecule has 0 spiro atoms. The lowest BCUT2D eigenvalue weighted by molar-refractivity contribution is -0.131. The molecule has 0 aliphatic rings. The van der Waals surface area contributed by atoms with E-state index in [9.17, 15) is 19.6 Å². The minimum absolute atomic E-state index is 0.0167. The lowest BCUT2D eigenvalue weighted by Crippen LogP contribution is -2.35. The molecule has 0 radical (unpaired) electrons. The fourth-order valence-electron chi connectivity index (χ4n) is 5.47. The molecule has 0 saturated heterocycles. The summed E-state index contributed by atoms with van der Waals surface area (Å²) in [5, 5.41) is 21.7. The highest BCUT2D eigenvalue weighted by Crippen LogP contribution is 2.31. The number of aromatic amines is 1. The second kappa shape index (κ2) is 12.4. The Kier molecular flexibility index (Phi) is 8.49. The number of fused-ring (bicyclic) bond motifs is 1. The van der Waals surface area contributed by atoms with Crippen LogP contribution in [0, 0.1) is 11.8 Å². The van der Waals surface area contributed by atoms with Crippen molar-refractivity contribution in [3.05, 3.63) is 117 Å². The van der Waals surface area contributed by atoms with Crippen LogP contribution in [0.15, 0.2) is 89.1 Å². The maximum Gasteiger partial charge on any atom is 0.255 e. The second-order valence-corrected chi connectivity index (χ2v) is 10.9. The van der Waals surface area contributed by atoms with Crippen molar-refractivity contribution >= 4 is 28.1 Å². The first-order chi connectivity index (χ1) is 20.7. The Hall–Kier alpha value is -5.09. The Labute approximate surface area is 249 Å². The highest BCUT2D eigenvalue weighted by Gasteiger charge is 2.26. The van der Waals surface area contributed by atoms with Gasteiger partial charge in [0.15, 0.2) is 0 Å². The number of nitrogens with one attached hydrogen (secondary N) is 2. The summed E-state index contributed by atoms with van der Waals surface area (Å²) in [5.74, 6) is -0.264. The molecule has 43 heavy (non-hydrogen) atoms. The molecule has 1 amide bonds. The Balaban J connectivity index is 1.53. The third kappa shape index (κ3) is 6.09. The van der Waals surface area contributed by atoms with E-state index in [-0.39, 0.29) is 36.2 Å². The molecule has 0 fully saturated rings. The number of aryl methyl sites for hydroxylation is 2. The Bertz CT molecular complexity index is 1860. The summed E-state index contributed by atoms with van der Waals surface area (Å²) in [6.07, 6.45) is 3.30. The first-order valence-electron chi connectivity index (χ1n) is 14.0. The number of aliphatic hydroxyl groups is 1. The summed E-state index contributed by atoms with van der Waals surface area (Å²) >= 11 is 0. The summed E-state index contributed by atoms with van der Waals surface area (Å²) in [7, 11) is 3.54. The van der Waals surface area contributed by atoms with Gasteiger partial charge in [-0.1, -0.05) is 37.3 Å². The maximum atomic E-state index is 14.2. The number of nitrogens with zero attached hydrogens (tertiary/aromatic N) is 4. The normalized spacial score (nSPS) is 12.6. The van der Waals surface area contributed by atoms with Crippen LogP contribution in [0.2, 0.25) is 0 Å².